The highest BCUT2D eigenvalue weighted by molar-refractivity contribution is 14.0. The van der Waals surface area contributed by atoms with Gasteiger partial charge in [-0.1, -0.05) is 12.1 Å². The first-order chi connectivity index (χ1) is 12.3. The van der Waals surface area contributed by atoms with E-state index in [0.29, 0.717) is 32.1 Å². The first-order valence-electron chi connectivity index (χ1n) is 8.55. The van der Waals surface area contributed by atoms with Crippen LogP contribution in [0.5, 0.6) is 11.5 Å². The molecule has 26 heavy (non-hydrogen) atoms. The van der Waals surface area contributed by atoms with Gasteiger partial charge in [0.15, 0.2) is 17.5 Å². The van der Waals surface area contributed by atoms with Crippen molar-refractivity contribution in [3.8, 4) is 11.5 Å². The Morgan fingerprint density at radius 3 is 2.50 bits per heavy atom. The van der Waals surface area contributed by atoms with E-state index in [9.17, 15) is 0 Å². The number of ether oxygens (including phenoxy) is 4. The molecule has 0 aliphatic heterocycles. The third-order valence-corrected chi connectivity index (χ3v) is 3.43. The third kappa shape index (κ3) is 9.44. The second-order valence-electron chi connectivity index (χ2n) is 5.23. The molecule has 0 unspecified atom stereocenters. The Balaban J connectivity index is 0.00000625. The van der Waals surface area contributed by atoms with Crippen LogP contribution in [-0.4, -0.2) is 60.2 Å². The molecule has 8 heteroatoms. The molecule has 0 atom stereocenters. The molecule has 1 aromatic rings. The van der Waals surface area contributed by atoms with Gasteiger partial charge in [0.1, 0.15) is 0 Å². The molecule has 0 aliphatic carbocycles. The van der Waals surface area contributed by atoms with Gasteiger partial charge in [0, 0.05) is 32.4 Å². The predicted octanol–water partition coefficient (Wildman–Crippen LogP) is 2.43. The molecule has 0 saturated carbocycles. The number of hydrogen-bond acceptors (Lipinski definition) is 5. The molecule has 1 aromatic carbocycles. The maximum atomic E-state index is 5.45. The molecule has 2 N–H and O–H groups in total. The van der Waals surface area contributed by atoms with Crippen LogP contribution in [0.4, 0.5) is 0 Å². The first kappa shape index (κ1) is 24.7. The van der Waals surface area contributed by atoms with Crippen molar-refractivity contribution in [1.29, 1.82) is 0 Å². The zero-order valence-corrected chi connectivity index (χ0v) is 18.5. The lowest BCUT2D eigenvalue weighted by Crippen LogP contribution is -2.38. The van der Waals surface area contributed by atoms with Crippen LogP contribution in [-0.2, 0) is 16.0 Å². The Bertz CT molecular complexity index is 515. The number of hydrogen-bond donors (Lipinski definition) is 2. The van der Waals surface area contributed by atoms with E-state index in [0.717, 1.165) is 36.8 Å². The minimum atomic E-state index is 0. The Kier molecular flexibility index (Phi) is 15.2. The number of benzene rings is 1. The van der Waals surface area contributed by atoms with Gasteiger partial charge in [-0.05, 0) is 19.4 Å². The molecule has 0 aromatic heterocycles. The van der Waals surface area contributed by atoms with Gasteiger partial charge in [-0.15, -0.1) is 24.0 Å². The molecule has 1 rings (SSSR count). The Labute approximate surface area is 173 Å². The summed E-state index contributed by atoms with van der Waals surface area (Å²) in [5, 5.41) is 6.54. The van der Waals surface area contributed by atoms with Gasteiger partial charge < -0.3 is 29.6 Å². The van der Waals surface area contributed by atoms with E-state index < -0.39 is 0 Å². The summed E-state index contributed by atoms with van der Waals surface area (Å²) >= 11 is 0. The largest absolute Gasteiger partial charge is 0.493 e. The maximum absolute atomic E-state index is 5.45. The van der Waals surface area contributed by atoms with E-state index in [1.165, 1.54) is 0 Å². The summed E-state index contributed by atoms with van der Waals surface area (Å²) in [4.78, 5) is 4.61. The van der Waals surface area contributed by atoms with Crippen LogP contribution in [0.1, 0.15) is 18.9 Å². The zero-order valence-electron chi connectivity index (χ0n) is 16.2. The fraction of sp³-hybridized carbons (Fsp3) is 0.611. The van der Waals surface area contributed by atoms with Crippen molar-refractivity contribution in [3.05, 3.63) is 23.8 Å². The van der Waals surface area contributed by atoms with Crippen molar-refractivity contribution < 1.29 is 18.9 Å². The molecular formula is C18H32IN3O4. The summed E-state index contributed by atoms with van der Waals surface area (Å²) in [7, 11) is 4.94. The fourth-order valence-electron chi connectivity index (χ4n) is 2.21. The lowest BCUT2D eigenvalue weighted by molar-refractivity contribution is 0.0698. The molecule has 0 fully saturated rings. The minimum absolute atomic E-state index is 0. The summed E-state index contributed by atoms with van der Waals surface area (Å²) in [6.45, 7) is 6.07. The van der Waals surface area contributed by atoms with Crippen molar-refractivity contribution in [3.63, 3.8) is 0 Å². The molecule has 0 bridgehead atoms. The van der Waals surface area contributed by atoms with E-state index in [4.69, 9.17) is 18.9 Å². The van der Waals surface area contributed by atoms with Crippen molar-refractivity contribution in [2.45, 2.75) is 19.9 Å². The molecule has 150 valence electrons. The number of rotatable bonds is 12. The number of aliphatic imine (C=N–C) groups is 1. The average Bonchev–Trinajstić information content (AvgIpc) is 2.64. The van der Waals surface area contributed by atoms with Gasteiger partial charge in [0.2, 0.25) is 0 Å². The zero-order chi connectivity index (χ0) is 18.3. The van der Waals surface area contributed by atoms with E-state index in [1.807, 2.05) is 25.1 Å². The standard InChI is InChI=1S/C18H31N3O4.HI/c1-5-19-18(20-10-7-11-25-13-12-22-2)21-14-15-8-6-9-16(23-3)17(15)24-4;/h6,8-9H,5,7,10-14H2,1-4H3,(H2,19,20,21);1H. The molecule has 0 amide bonds. The monoisotopic (exact) mass is 481 g/mol. The second-order valence-corrected chi connectivity index (χ2v) is 5.23. The first-order valence-corrected chi connectivity index (χ1v) is 8.55. The van der Waals surface area contributed by atoms with Crippen molar-refractivity contribution >= 4 is 29.9 Å². The smallest absolute Gasteiger partial charge is 0.191 e. The molecule has 7 nitrogen and oxygen atoms in total. The van der Waals surface area contributed by atoms with Gasteiger partial charge in [0.05, 0.1) is 34.0 Å². The minimum Gasteiger partial charge on any atom is -0.493 e. The van der Waals surface area contributed by atoms with Crippen LogP contribution in [0.2, 0.25) is 0 Å². The van der Waals surface area contributed by atoms with Crippen LogP contribution in [0.25, 0.3) is 0 Å². The van der Waals surface area contributed by atoms with Gasteiger partial charge >= 0.3 is 0 Å². The Morgan fingerprint density at radius 1 is 1.04 bits per heavy atom. The third-order valence-electron chi connectivity index (χ3n) is 3.43. The highest BCUT2D eigenvalue weighted by atomic mass is 127. The number of nitrogens with one attached hydrogen (secondary N) is 2. The lowest BCUT2D eigenvalue weighted by atomic mass is 10.2. The molecular weight excluding hydrogens is 449 g/mol. The lowest BCUT2D eigenvalue weighted by Gasteiger charge is -2.13. The highest BCUT2D eigenvalue weighted by Crippen LogP contribution is 2.30. The predicted molar refractivity (Wildman–Crippen MR) is 115 cm³/mol. The fourth-order valence-corrected chi connectivity index (χ4v) is 2.21. The van der Waals surface area contributed by atoms with E-state index in [2.05, 4.69) is 15.6 Å². The molecule has 0 aliphatic rings. The summed E-state index contributed by atoms with van der Waals surface area (Å²) < 4.78 is 21.2. The normalized spacial score (nSPS) is 10.8. The van der Waals surface area contributed by atoms with E-state index in [1.54, 1.807) is 21.3 Å². The Morgan fingerprint density at radius 2 is 1.85 bits per heavy atom. The Hall–Kier alpha value is -1.26. The van der Waals surface area contributed by atoms with Crippen LogP contribution in [0.15, 0.2) is 23.2 Å². The summed E-state index contributed by atoms with van der Waals surface area (Å²) in [6.07, 6.45) is 0.899. The van der Waals surface area contributed by atoms with Gasteiger partial charge in [-0.3, -0.25) is 0 Å². The van der Waals surface area contributed by atoms with Crippen LogP contribution >= 0.6 is 24.0 Å². The SMILES string of the molecule is CCNC(=NCc1cccc(OC)c1OC)NCCCOCCOC.I. The number of nitrogens with zero attached hydrogens (tertiary/aromatic N) is 1. The maximum Gasteiger partial charge on any atom is 0.191 e. The van der Waals surface area contributed by atoms with Gasteiger partial charge in [-0.25, -0.2) is 4.99 Å². The van der Waals surface area contributed by atoms with Crippen LogP contribution in [0, 0.1) is 0 Å². The second kappa shape index (κ2) is 16.0. The van der Waals surface area contributed by atoms with E-state index in [-0.39, 0.29) is 24.0 Å². The highest BCUT2D eigenvalue weighted by Gasteiger charge is 2.09. The average molecular weight is 481 g/mol. The summed E-state index contributed by atoms with van der Waals surface area (Å²) in [6, 6.07) is 5.79. The van der Waals surface area contributed by atoms with Crippen molar-refractivity contribution in [1.82, 2.24) is 10.6 Å². The van der Waals surface area contributed by atoms with Crippen molar-refractivity contribution in [2.24, 2.45) is 4.99 Å². The summed E-state index contributed by atoms with van der Waals surface area (Å²) in [5.41, 5.74) is 0.974. The topological polar surface area (TPSA) is 73.3 Å². The van der Waals surface area contributed by atoms with Gasteiger partial charge in [-0.2, -0.15) is 0 Å². The van der Waals surface area contributed by atoms with Gasteiger partial charge in [0.25, 0.3) is 0 Å². The number of methoxy groups -OCH3 is 3. The number of guanidine groups is 1. The molecule has 0 spiro atoms. The molecule has 0 saturated heterocycles. The quantitative estimate of drug-likeness (QED) is 0.207. The molecule has 0 radical (unpaired) electrons. The summed E-state index contributed by atoms with van der Waals surface area (Å²) in [5.74, 6) is 2.20. The van der Waals surface area contributed by atoms with Crippen molar-refractivity contribution in [2.75, 3.05) is 54.2 Å². The number of para-hydroxylation sites is 1. The number of halogens is 1. The van der Waals surface area contributed by atoms with E-state index >= 15 is 0 Å². The molecule has 0 heterocycles. The van der Waals surface area contributed by atoms with Crippen LogP contribution < -0.4 is 20.1 Å². The van der Waals surface area contributed by atoms with Crippen LogP contribution in [0.3, 0.4) is 0 Å².